The van der Waals surface area contributed by atoms with Crippen molar-refractivity contribution in [2.24, 2.45) is 5.92 Å². The van der Waals surface area contributed by atoms with Gasteiger partial charge in [0.05, 0.1) is 6.54 Å². The molecular formula is C16H24N2O2. The van der Waals surface area contributed by atoms with Crippen molar-refractivity contribution in [1.82, 2.24) is 10.2 Å². The summed E-state index contributed by atoms with van der Waals surface area (Å²) in [5.74, 6) is 1.26. The number of carbonyl (C=O) groups excluding carboxylic acids is 1. The number of piperidine rings is 1. The molecular weight excluding hydrogens is 252 g/mol. The average molecular weight is 276 g/mol. The molecule has 0 saturated carbocycles. The van der Waals surface area contributed by atoms with Crippen molar-refractivity contribution in [3.8, 4) is 5.75 Å². The van der Waals surface area contributed by atoms with Gasteiger partial charge in [0.1, 0.15) is 12.4 Å². The summed E-state index contributed by atoms with van der Waals surface area (Å²) in [6.45, 7) is 4.24. The van der Waals surface area contributed by atoms with Crippen LogP contribution >= 0.6 is 0 Å². The Bertz CT molecular complexity index is 422. The number of hydrogen-bond acceptors (Lipinski definition) is 3. The normalized spacial score (nSPS) is 22.3. The summed E-state index contributed by atoms with van der Waals surface area (Å²) in [6, 6.07) is 10.1. The van der Waals surface area contributed by atoms with Crippen LogP contribution in [0.3, 0.4) is 0 Å². The van der Waals surface area contributed by atoms with Crippen LogP contribution in [0.4, 0.5) is 0 Å². The van der Waals surface area contributed by atoms with Gasteiger partial charge in [0, 0.05) is 19.0 Å². The summed E-state index contributed by atoms with van der Waals surface area (Å²) in [6.07, 6.45) is 1.87. The summed E-state index contributed by atoms with van der Waals surface area (Å²) in [5.41, 5.74) is 0. The fraction of sp³-hybridized carbons (Fsp3) is 0.562. The van der Waals surface area contributed by atoms with Gasteiger partial charge in [-0.1, -0.05) is 18.2 Å². The van der Waals surface area contributed by atoms with Crippen LogP contribution in [0.15, 0.2) is 30.3 Å². The van der Waals surface area contributed by atoms with Crippen LogP contribution in [0, 0.1) is 5.92 Å². The summed E-state index contributed by atoms with van der Waals surface area (Å²) in [7, 11) is 1.86. The van der Waals surface area contributed by atoms with E-state index in [9.17, 15) is 4.79 Å². The Labute approximate surface area is 121 Å². The number of benzene rings is 1. The molecule has 1 saturated heterocycles. The lowest BCUT2D eigenvalue weighted by atomic mass is 9.92. The molecule has 0 spiro atoms. The van der Waals surface area contributed by atoms with Crippen LogP contribution in [0.25, 0.3) is 0 Å². The molecule has 1 aromatic rings. The standard InChI is InChI=1S/C16H24N2O2/c1-13-12-14(8-9-17-13)16(19)18(2)10-11-20-15-6-4-3-5-7-15/h3-7,13-14,17H,8-12H2,1-2H3/t13-,14-/m0/s1. The Morgan fingerprint density at radius 3 is 2.85 bits per heavy atom. The first-order valence-electron chi connectivity index (χ1n) is 7.33. The first-order chi connectivity index (χ1) is 9.66. The Kier molecular flexibility index (Phi) is 5.41. The van der Waals surface area contributed by atoms with E-state index in [1.807, 2.05) is 37.4 Å². The maximum absolute atomic E-state index is 12.3. The summed E-state index contributed by atoms with van der Waals surface area (Å²) in [4.78, 5) is 14.1. The molecule has 0 aromatic heterocycles. The fourth-order valence-electron chi connectivity index (χ4n) is 2.60. The minimum atomic E-state index is 0.160. The molecule has 0 unspecified atom stereocenters. The van der Waals surface area contributed by atoms with Crippen LogP contribution in [0.1, 0.15) is 19.8 Å². The van der Waals surface area contributed by atoms with E-state index in [1.54, 1.807) is 4.90 Å². The van der Waals surface area contributed by atoms with E-state index in [4.69, 9.17) is 4.74 Å². The number of ether oxygens (including phenoxy) is 1. The van der Waals surface area contributed by atoms with Crippen molar-refractivity contribution in [1.29, 1.82) is 0 Å². The van der Waals surface area contributed by atoms with E-state index in [1.165, 1.54) is 0 Å². The van der Waals surface area contributed by atoms with Gasteiger partial charge >= 0.3 is 0 Å². The average Bonchev–Trinajstić information content (AvgIpc) is 2.47. The first kappa shape index (κ1) is 14.9. The highest BCUT2D eigenvalue weighted by atomic mass is 16.5. The minimum Gasteiger partial charge on any atom is -0.492 e. The van der Waals surface area contributed by atoms with Gasteiger partial charge in [-0.25, -0.2) is 0 Å². The zero-order valence-corrected chi connectivity index (χ0v) is 12.3. The Morgan fingerprint density at radius 1 is 1.40 bits per heavy atom. The first-order valence-corrected chi connectivity index (χ1v) is 7.33. The summed E-state index contributed by atoms with van der Waals surface area (Å²) in [5, 5.41) is 3.37. The maximum Gasteiger partial charge on any atom is 0.225 e. The molecule has 2 rings (SSSR count). The van der Waals surface area contributed by atoms with Crippen molar-refractivity contribution in [3.05, 3.63) is 30.3 Å². The van der Waals surface area contributed by atoms with Crippen LogP contribution in [-0.2, 0) is 4.79 Å². The molecule has 0 radical (unpaired) electrons. The van der Waals surface area contributed by atoms with Crippen LogP contribution in [0.5, 0.6) is 5.75 Å². The zero-order valence-electron chi connectivity index (χ0n) is 12.3. The van der Waals surface area contributed by atoms with E-state index in [-0.39, 0.29) is 11.8 Å². The van der Waals surface area contributed by atoms with Crippen LogP contribution < -0.4 is 10.1 Å². The second-order valence-corrected chi connectivity index (χ2v) is 5.50. The third kappa shape index (κ3) is 4.23. The molecule has 2 atom stereocenters. The van der Waals surface area contributed by atoms with E-state index < -0.39 is 0 Å². The Hall–Kier alpha value is -1.55. The van der Waals surface area contributed by atoms with E-state index in [0.29, 0.717) is 19.2 Å². The maximum atomic E-state index is 12.3. The molecule has 1 aliphatic rings. The largest absolute Gasteiger partial charge is 0.492 e. The highest BCUT2D eigenvalue weighted by Gasteiger charge is 2.26. The summed E-state index contributed by atoms with van der Waals surface area (Å²) < 4.78 is 5.63. The van der Waals surface area contributed by atoms with Gasteiger partial charge in [0.15, 0.2) is 0 Å². The number of hydrogen-bond donors (Lipinski definition) is 1. The second-order valence-electron chi connectivity index (χ2n) is 5.50. The topological polar surface area (TPSA) is 41.6 Å². The van der Waals surface area contributed by atoms with Gasteiger partial charge in [0.2, 0.25) is 5.91 Å². The Morgan fingerprint density at radius 2 is 2.15 bits per heavy atom. The van der Waals surface area contributed by atoms with Gasteiger partial charge in [-0.3, -0.25) is 4.79 Å². The minimum absolute atomic E-state index is 0.160. The fourth-order valence-corrected chi connectivity index (χ4v) is 2.60. The second kappa shape index (κ2) is 7.29. The van der Waals surface area contributed by atoms with Crippen molar-refractivity contribution in [3.63, 3.8) is 0 Å². The number of carbonyl (C=O) groups is 1. The molecule has 0 aliphatic carbocycles. The number of rotatable bonds is 5. The molecule has 1 aliphatic heterocycles. The number of nitrogens with zero attached hydrogens (tertiary/aromatic N) is 1. The lowest BCUT2D eigenvalue weighted by Gasteiger charge is -2.30. The zero-order chi connectivity index (χ0) is 14.4. The highest BCUT2D eigenvalue weighted by molar-refractivity contribution is 5.78. The van der Waals surface area contributed by atoms with E-state index >= 15 is 0 Å². The van der Waals surface area contributed by atoms with Crippen molar-refractivity contribution in [2.45, 2.75) is 25.8 Å². The lowest BCUT2D eigenvalue weighted by molar-refractivity contribution is -0.135. The molecule has 1 fully saturated rings. The molecule has 1 amide bonds. The third-order valence-corrected chi connectivity index (χ3v) is 3.79. The molecule has 1 heterocycles. The highest BCUT2D eigenvalue weighted by Crippen LogP contribution is 2.18. The quantitative estimate of drug-likeness (QED) is 0.893. The number of amides is 1. The molecule has 4 heteroatoms. The van der Waals surface area contributed by atoms with Crippen molar-refractivity contribution >= 4 is 5.91 Å². The molecule has 110 valence electrons. The molecule has 0 bridgehead atoms. The number of likely N-dealkylation sites (N-methyl/N-ethyl adjacent to an activating group) is 1. The smallest absolute Gasteiger partial charge is 0.225 e. The molecule has 1 aromatic carbocycles. The molecule has 20 heavy (non-hydrogen) atoms. The van der Waals surface area contributed by atoms with Gasteiger partial charge in [-0.2, -0.15) is 0 Å². The van der Waals surface area contributed by atoms with Crippen molar-refractivity contribution in [2.75, 3.05) is 26.7 Å². The van der Waals surface area contributed by atoms with E-state index in [0.717, 1.165) is 25.1 Å². The number of para-hydroxylation sites is 1. The van der Waals surface area contributed by atoms with Gasteiger partial charge in [-0.15, -0.1) is 0 Å². The third-order valence-electron chi connectivity index (χ3n) is 3.79. The molecule has 4 nitrogen and oxygen atoms in total. The lowest BCUT2D eigenvalue weighted by Crippen LogP contribution is -2.43. The van der Waals surface area contributed by atoms with Gasteiger partial charge in [0.25, 0.3) is 0 Å². The predicted octanol–water partition coefficient (Wildman–Crippen LogP) is 1.91. The predicted molar refractivity (Wildman–Crippen MR) is 79.8 cm³/mol. The van der Waals surface area contributed by atoms with Crippen LogP contribution in [0.2, 0.25) is 0 Å². The van der Waals surface area contributed by atoms with Crippen LogP contribution in [-0.4, -0.2) is 43.6 Å². The number of nitrogens with one attached hydrogen (secondary N) is 1. The van der Waals surface area contributed by atoms with E-state index in [2.05, 4.69) is 12.2 Å². The SMILES string of the molecule is C[C@H]1C[C@@H](C(=O)N(C)CCOc2ccccc2)CCN1. The summed E-state index contributed by atoms with van der Waals surface area (Å²) >= 11 is 0. The monoisotopic (exact) mass is 276 g/mol. The molecule has 1 N–H and O–H groups in total. The van der Waals surface area contributed by atoms with Gasteiger partial charge < -0.3 is 15.0 Å². The Balaban J connectivity index is 1.73. The van der Waals surface area contributed by atoms with Crippen molar-refractivity contribution < 1.29 is 9.53 Å². The van der Waals surface area contributed by atoms with Gasteiger partial charge in [-0.05, 0) is 38.4 Å².